The van der Waals surface area contributed by atoms with Crippen LogP contribution in [0.2, 0.25) is 0 Å². The molecule has 0 spiro atoms. The van der Waals surface area contributed by atoms with Crippen molar-refractivity contribution in [3.63, 3.8) is 0 Å². The summed E-state index contributed by atoms with van der Waals surface area (Å²) in [5.74, 6) is -0.269. The van der Waals surface area contributed by atoms with Crippen molar-refractivity contribution in [2.24, 2.45) is 5.92 Å². The summed E-state index contributed by atoms with van der Waals surface area (Å²) in [6, 6.07) is 14.4. The van der Waals surface area contributed by atoms with Crippen LogP contribution in [0.25, 0.3) is 22.1 Å². The summed E-state index contributed by atoms with van der Waals surface area (Å²) in [5, 5.41) is 13.1. The molecule has 3 saturated heterocycles. The van der Waals surface area contributed by atoms with Crippen LogP contribution in [-0.4, -0.2) is 47.6 Å². The highest BCUT2D eigenvalue weighted by atomic mass is 35.5. The second kappa shape index (κ2) is 8.13. The summed E-state index contributed by atoms with van der Waals surface area (Å²) in [7, 11) is 0. The molecule has 2 N–H and O–H groups in total. The van der Waals surface area contributed by atoms with E-state index in [1.165, 1.54) is 0 Å². The van der Waals surface area contributed by atoms with Gasteiger partial charge in [-0.1, -0.05) is 30.3 Å². The summed E-state index contributed by atoms with van der Waals surface area (Å²) in [4.78, 5) is 26.3. The Hall–Kier alpha value is -2.83. The third-order valence-electron chi connectivity index (χ3n) is 6.18. The number of aromatic carboxylic acids is 1. The van der Waals surface area contributed by atoms with Crippen molar-refractivity contribution in [1.29, 1.82) is 0 Å². The van der Waals surface area contributed by atoms with Crippen LogP contribution >= 0.6 is 12.4 Å². The number of nitrogens with zero attached hydrogens (tertiary/aromatic N) is 1. The van der Waals surface area contributed by atoms with Gasteiger partial charge in [0.15, 0.2) is 5.76 Å². The number of carbonyl (C=O) groups excluding carboxylic acids is 1. The summed E-state index contributed by atoms with van der Waals surface area (Å²) in [5.41, 5.74) is 2.55. The Morgan fingerprint density at radius 3 is 2.43 bits per heavy atom. The van der Waals surface area contributed by atoms with Crippen LogP contribution in [0.5, 0.6) is 0 Å². The van der Waals surface area contributed by atoms with Gasteiger partial charge in [-0.2, -0.15) is 0 Å². The summed E-state index contributed by atoms with van der Waals surface area (Å²) < 4.78 is 5.97. The first-order valence-electron chi connectivity index (χ1n) is 9.98. The highest BCUT2D eigenvalue weighted by Gasteiger charge is 2.35. The predicted molar refractivity (Wildman–Crippen MR) is 116 cm³/mol. The Bertz CT molecular complexity index is 1080. The normalized spacial score (nSPS) is 22.5. The maximum atomic E-state index is 12.8. The molecular weight excluding hydrogens is 404 g/mol. The molecule has 1 amide bonds. The van der Waals surface area contributed by atoms with E-state index in [0.717, 1.165) is 49.0 Å². The maximum Gasteiger partial charge on any atom is 0.335 e. The number of amides is 1. The number of furan rings is 1. The summed E-state index contributed by atoms with van der Waals surface area (Å²) in [6.45, 7) is 3.18. The molecule has 6 nitrogen and oxygen atoms in total. The first-order valence-corrected chi connectivity index (χ1v) is 9.98. The molecule has 7 heteroatoms. The lowest BCUT2D eigenvalue weighted by atomic mass is 9.84. The zero-order chi connectivity index (χ0) is 20.0. The third-order valence-corrected chi connectivity index (χ3v) is 6.18. The van der Waals surface area contributed by atoms with Crippen LogP contribution in [-0.2, 0) is 0 Å². The van der Waals surface area contributed by atoms with E-state index in [2.05, 4.69) is 10.2 Å². The number of fused-ring (bicyclic) bond motifs is 4. The maximum absolute atomic E-state index is 12.8. The van der Waals surface area contributed by atoms with Crippen molar-refractivity contribution in [2.75, 3.05) is 19.6 Å². The van der Waals surface area contributed by atoms with E-state index in [-0.39, 0.29) is 29.9 Å². The molecule has 3 fully saturated rings. The number of hydrogen-bond donors (Lipinski definition) is 2. The van der Waals surface area contributed by atoms with Crippen LogP contribution in [0.1, 0.15) is 33.8 Å². The lowest BCUT2D eigenvalue weighted by molar-refractivity contribution is 0.0606. The second-order valence-electron chi connectivity index (χ2n) is 7.94. The van der Waals surface area contributed by atoms with Gasteiger partial charge in [-0.05, 0) is 55.6 Å². The predicted octanol–water partition coefficient (Wildman–Crippen LogP) is 4.04. The minimum Gasteiger partial charge on any atom is -0.478 e. The molecular formula is C23H23ClN2O4. The molecule has 0 saturated carbocycles. The number of carboxylic acid groups (broad SMARTS) is 1. The van der Waals surface area contributed by atoms with Gasteiger partial charge in [-0.3, -0.25) is 4.79 Å². The van der Waals surface area contributed by atoms with Crippen molar-refractivity contribution in [3.8, 4) is 11.1 Å². The molecule has 3 aliphatic heterocycles. The van der Waals surface area contributed by atoms with E-state index >= 15 is 0 Å². The van der Waals surface area contributed by atoms with Gasteiger partial charge in [-0.15, -0.1) is 12.4 Å². The molecule has 156 valence electrons. The highest BCUT2D eigenvalue weighted by molar-refractivity contribution is 6.00. The highest BCUT2D eigenvalue weighted by Crippen LogP contribution is 2.32. The van der Waals surface area contributed by atoms with Crippen molar-refractivity contribution in [1.82, 2.24) is 10.2 Å². The fraction of sp³-hybridized carbons (Fsp3) is 0.304. The fourth-order valence-electron chi connectivity index (χ4n) is 4.56. The van der Waals surface area contributed by atoms with Crippen LogP contribution in [0.3, 0.4) is 0 Å². The van der Waals surface area contributed by atoms with Gasteiger partial charge >= 0.3 is 5.97 Å². The van der Waals surface area contributed by atoms with Crippen molar-refractivity contribution >= 4 is 35.3 Å². The average molecular weight is 427 g/mol. The summed E-state index contributed by atoms with van der Waals surface area (Å²) in [6.07, 6.45) is 2.28. The van der Waals surface area contributed by atoms with Gasteiger partial charge in [0.25, 0.3) is 5.91 Å². The topological polar surface area (TPSA) is 82.8 Å². The number of piperidine rings is 3. The van der Waals surface area contributed by atoms with Crippen molar-refractivity contribution < 1.29 is 19.1 Å². The number of nitrogens with one attached hydrogen (secondary N) is 1. The largest absolute Gasteiger partial charge is 0.478 e. The van der Waals surface area contributed by atoms with Gasteiger partial charge in [-0.25, -0.2) is 4.79 Å². The van der Waals surface area contributed by atoms with E-state index in [1.807, 2.05) is 18.2 Å². The van der Waals surface area contributed by atoms with Crippen LogP contribution < -0.4 is 5.32 Å². The zero-order valence-electron chi connectivity index (χ0n) is 16.3. The average Bonchev–Trinajstić information content (AvgIpc) is 3.19. The molecule has 1 atom stereocenters. The van der Waals surface area contributed by atoms with Crippen molar-refractivity contribution in [2.45, 2.75) is 18.9 Å². The minimum absolute atomic E-state index is 0. The fourth-order valence-corrected chi connectivity index (χ4v) is 4.56. The summed E-state index contributed by atoms with van der Waals surface area (Å²) >= 11 is 0. The van der Waals surface area contributed by atoms with E-state index < -0.39 is 5.97 Å². The molecule has 3 aliphatic rings. The molecule has 0 unspecified atom stereocenters. The molecule has 0 radical (unpaired) electrons. The lowest BCUT2D eigenvalue weighted by Gasteiger charge is -2.44. The quantitative estimate of drug-likeness (QED) is 0.657. The Kier molecular flexibility index (Phi) is 5.54. The first kappa shape index (κ1) is 20.4. The minimum atomic E-state index is -0.959. The molecule has 2 aromatic carbocycles. The number of carboxylic acids is 1. The molecule has 1 aromatic heterocycles. The number of benzene rings is 2. The van der Waals surface area contributed by atoms with E-state index in [0.29, 0.717) is 17.3 Å². The molecule has 2 bridgehead atoms. The Morgan fingerprint density at radius 1 is 1.07 bits per heavy atom. The zero-order valence-corrected chi connectivity index (χ0v) is 17.2. The van der Waals surface area contributed by atoms with Crippen LogP contribution in [0, 0.1) is 5.92 Å². The molecule has 3 aromatic rings. The Balaban J connectivity index is 0.00000218. The number of hydrogen-bond acceptors (Lipinski definition) is 4. The Morgan fingerprint density at radius 2 is 1.80 bits per heavy atom. The van der Waals surface area contributed by atoms with Crippen molar-refractivity contribution in [3.05, 3.63) is 59.9 Å². The molecule has 0 aliphatic carbocycles. The molecule has 30 heavy (non-hydrogen) atoms. The second-order valence-corrected chi connectivity index (χ2v) is 7.94. The van der Waals surface area contributed by atoms with Gasteiger partial charge < -0.3 is 19.7 Å². The molecule has 4 heterocycles. The molecule has 6 rings (SSSR count). The lowest BCUT2D eigenvalue weighted by Crippen LogP contribution is -2.57. The monoisotopic (exact) mass is 426 g/mol. The number of para-hydroxylation sites is 1. The van der Waals surface area contributed by atoms with Gasteiger partial charge in [0.1, 0.15) is 5.58 Å². The SMILES string of the molecule is Cl.O=C(O)c1ccc(-c2cccc3cc(C(=O)N[C@H]4CN5CCC4CC5)oc23)cc1. The van der Waals surface area contributed by atoms with E-state index in [9.17, 15) is 9.59 Å². The van der Waals surface area contributed by atoms with Gasteiger partial charge in [0.05, 0.1) is 5.56 Å². The standard InChI is InChI=1S/C23H22N2O4.ClH/c26-22(24-19-13-25-10-8-15(19)9-11-25)20-12-17-2-1-3-18(21(17)29-20)14-4-6-16(7-5-14)23(27)28;/h1-7,12,15,19H,8-11,13H2,(H,24,26)(H,27,28);1H/t19-;/m0./s1. The smallest absolute Gasteiger partial charge is 0.335 e. The number of carbonyl (C=O) groups is 2. The van der Waals surface area contributed by atoms with Gasteiger partial charge in [0, 0.05) is 23.5 Å². The van der Waals surface area contributed by atoms with Gasteiger partial charge in [0.2, 0.25) is 0 Å². The first-order chi connectivity index (χ1) is 14.1. The third kappa shape index (κ3) is 3.68. The van der Waals surface area contributed by atoms with Crippen LogP contribution in [0.4, 0.5) is 0 Å². The van der Waals surface area contributed by atoms with Crippen LogP contribution in [0.15, 0.2) is 52.9 Å². The number of halogens is 1. The number of rotatable bonds is 4. The van der Waals surface area contributed by atoms with E-state index in [1.54, 1.807) is 30.3 Å². The van der Waals surface area contributed by atoms with E-state index in [4.69, 9.17) is 9.52 Å². The Labute approximate surface area is 180 Å².